The molecule has 0 unspecified atom stereocenters. The highest BCUT2D eigenvalue weighted by molar-refractivity contribution is 5.91. The van der Waals surface area contributed by atoms with Gasteiger partial charge in [0.15, 0.2) is 5.82 Å². The van der Waals surface area contributed by atoms with Crippen LogP contribution in [0.5, 0.6) is 0 Å². The highest BCUT2D eigenvalue weighted by Gasteiger charge is 2.33. The van der Waals surface area contributed by atoms with Crippen LogP contribution in [0, 0.1) is 6.92 Å². The van der Waals surface area contributed by atoms with Crippen molar-refractivity contribution in [1.29, 1.82) is 0 Å². The van der Waals surface area contributed by atoms with Gasteiger partial charge in [0, 0.05) is 26.1 Å². The zero-order valence-corrected chi connectivity index (χ0v) is 13.2. The molecule has 122 valence electrons. The van der Waals surface area contributed by atoms with Gasteiger partial charge in [-0.15, -0.1) is 10.2 Å². The van der Waals surface area contributed by atoms with Crippen LogP contribution in [-0.2, 0) is 13.0 Å². The number of likely N-dealkylation sites (tertiary alicyclic amines) is 1. The first-order valence-electron chi connectivity index (χ1n) is 8.24. The van der Waals surface area contributed by atoms with E-state index in [2.05, 4.69) is 20.3 Å². The van der Waals surface area contributed by atoms with E-state index < -0.39 is 0 Å². The molecular formula is C15H20N6O2. The van der Waals surface area contributed by atoms with Crippen molar-refractivity contribution in [2.45, 2.75) is 51.5 Å². The first-order chi connectivity index (χ1) is 11.2. The molecule has 2 aliphatic rings. The molecule has 2 aromatic rings. The van der Waals surface area contributed by atoms with E-state index in [1.807, 2.05) is 9.47 Å². The molecule has 1 fully saturated rings. The molecule has 0 N–H and O–H groups in total. The molecule has 0 aliphatic carbocycles. The highest BCUT2D eigenvalue weighted by Crippen LogP contribution is 2.27. The maximum absolute atomic E-state index is 12.8. The third-order valence-corrected chi connectivity index (χ3v) is 4.67. The van der Waals surface area contributed by atoms with Crippen LogP contribution >= 0.6 is 0 Å². The van der Waals surface area contributed by atoms with E-state index >= 15 is 0 Å². The number of fused-ring (bicyclic) bond motifs is 1. The summed E-state index contributed by atoms with van der Waals surface area (Å²) in [5, 5.41) is 12.2. The average Bonchev–Trinajstić information content (AvgIpc) is 3.24. The second-order valence-electron chi connectivity index (χ2n) is 6.32. The largest absolute Gasteiger partial charge is 0.339 e. The maximum Gasteiger partial charge on any atom is 0.291 e. The smallest absolute Gasteiger partial charge is 0.291 e. The van der Waals surface area contributed by atoms with Crippen molar-refractivity contribution in [3.63, 3.8) is 0 Å². The van der Waals surface area contributed by atoms with Crippen molar-refractivity contribution >= 4 is 5.91 Å². The zero-order valence-electron chi connectivity index (χ0n) is 13.2. The molecule has 4 heterocycles. The fraction of sp³-hybridized carbons (Fsp3) is 0.667. The Hall–Kier alpha value is -2.25. The van der Waals surface area contributed by atoms with Crippen molar-refractivity contribution in [2.75, 3.05) is 13.1 Å². The molecule has 8 heteroatoms. The van der Waals surface area contributed by atoms with Gasteiger partial charge in [-0.2, -0.15) is 4.98 Å². The van der Waals surface area contributed by atoms with Gasteiger partial charge in [-0.3, -0.25) is 4.79 Å². The molecular weight excluding hydrogens is 296 g/mol. The van der Waals surface area contributed by atoms with E-state index in [9.17, 15) is 4.79 Å². The highest BCUT2D eigenvalue weighted by atomic mass is 16.5. The van der Waals surface area contributed by atoms with Crippen LogP contribution in [0.15, 0.2) is 4.52 Å². The zero-order chi connectivity index (χ0) is 15.8. The Bertz CT molecular complexity index is 721. The lowest BCUT2D eigenvalue weighted by Crippen LogP contribution is -2.31. The van der Waals surface area contributed by atoms with Crippen molar-refractivity contribution in [3.05, 3.63) is 23.4 Å². The molecule has 0 bridgehead atoms. The SMILES string of the molecule is Cc1noc([C@@H]2CCN(C(=O)c3nnc4n3CCCCC4)C2)n1. The van der Waals surface area contributed by atoms with Gasteiger partial charge in [0.25, 0.3) is 5.91 Å². The quantitative estimate of drug-likeness (QED) is 0.830. The molecule has 0 saturated carbocycles. The van der Waals surface area contributed by atoms with E-state index in [-0.39, 0.29) is 11.8 Å². The predicted octanol–water partition coefficient (Wildman–Crippen LogP) is 1.33. The first kappa shape index (κ1) is 14.3. The summed E-state index contributed by atoms with van der Waals surface area (Å²) < 4.78 is 7.24. The monoisotopic (exact) mass is 316 g/mol. The number of aromatic nitrogens is 5. The average molecular weight is 316 g/mol. The summed E-state index contributed by atoms with van der Waals surface area (Å²) in [7, 11) is 0. The lowest BCUT2D eigenvalue weighted by Gasteiger charge is -2.16. The molecule has 23 heavy (non-hydrogen) atoms. The number of carbonyl (C=O) groups excluding carboxylic acids is 1. The van der Waals surface area contributed by atoms with E-state index in [1.54, 1.807) is 6.92 Å². The van der Waals surface area contributed by atoms with E-state index in [4.69, 9.17) is 4.52 Å². The van der Waals surface area contributed by atoms with Crippen molar-refractivity contribution in [3.8, 4) is 0 Å². The molecule has 0 aromatic carbocycles. The van der Waals surface area contributed by atoms with Gasteiger partial charge in [0.05, 0.1) is 5.92 Å². The third-order valence-electron chi connectivity index (χ3n) is 4.67. The molecule has 1 atom stereocenters. The second-order valence-corrected chi connectivity index (χ2v) is 6.32. The number of hydrogen-bond donors (Lipinski definition) is 0. The summed E-state index contributed by atoms with van der Waals surface area (Å²) in [6, 6.07) is 0. The third kappa shape index (κ3) is 2.62. The van der Waals surface area contributed by atoms with Crippen LogP contribution in [0.2, 0.25) is 0 Å². The van der Waals surface area contributed by atoms with E-state index in [0.29, 0.717) is 30.6 Å². The number of amides is 1. The summed E-state index contributed by atoms with van der Waals surface area (Å²) in [5.74, 6) is 2.75. The topological polar surface area (TPSA) is 89.9 Å². The van der Waals surface area contributed by atoms with Gasteiger partial charge in [-0.25, -0.2) is 0 Å². The van der Waals surface area contributed by atoms with Gasteiger partial charge in [-0.05, 0) is 26.2 Å². The van der Waals surface area contributed by atoms with Crippen LogP contribution < -0.4 is 0 Å². The fourth-order valence-electron chi connectivity index (χ4n) is 3.41. The Morgan fingerprint density at radius 3 is 2.96 bits per heavy atom. The molecule has 0 radical (unpaired) electrons. The summed E-state index contributed by atoms with van der Waals surface area (Å²) in [6.07, 6.45) is 5.13. The predicted molar refractivity (Wildman–Crippen MR) is 79.9 cm³/mol. The summed E-state index contributed by atoms with van der Waals surface area (Å²) >= 11 is 0. The molecule has 0 spiro atoms. The van der Waals surface area contributed by atoms with Crippen LogP contribution in [0.1, 0.15) is 59.8 Å². The maximum atomic E-state index is 12.8. The number of nitrogens with zero attached hydrogens (tertiary/aromatic N) is 6. The molecule has 4 rings (SSSR count). The van der Waals surface area contributed by atoms with Crippen molar-refractivity contribution in [1.82, 2.24) is 29.8 Å². The Morgan fingerprint density at radius 1 is 1.22 bits per heavy atom. The Balaban J connectivity index is 1.51. The Kier molecular flexibility index (Phi) is 3.59. The minimum Gasteiger partial charge on any atom is -0.339 e. The van der Waals surface area contributed by atoms with Crippen molar-refractivity contribution < 1.29 is 9.32 Å². The minimum atomic E-state index is -0.0376. The van der Waals surface area contributed by atoms with E-state index in [1.165, 1.54) is 6.42 Å². The van der Waals surface area contributed by atoms with Gasteiger partial charge in [0.2, 0.25) is 11.7 Å². The normalized spacial score (nSPS) is 21.3. The molecule has 2 aromatic heterocycles. The number of rotatable bonds is 2. The number of aryl methyl sites for hydroxylation is 2. The first-order valence-corrected chi connectivity index (χ1v) is 8.24. The molecule has 8 nitrogen and oxygen atoms in total. The van der Waals surface area contributed by atoms with Crippen LogP contribution in [0.25, 0.3) is 0 Å². The van der Waals surface area contributed by atoms with Gasteiger partial charge in [0.1, 0.15) is 5.82 Å². The van der Waals surface area contributed by atoms with E-state index in [0.717, 1.165) is 38.1 Å². The minimum absolute atomic E-state index is 0.0376. The fourth-order valence-corrected chi connectivity index (χ4v) is 3.41. The van der Waals surface area contributed by atoms with Gasteiger partial charge < -0.3 is 14.0 Å². The number of carbonyl (C=O) groups is 1. The standard InChI is InChI=1S/C15H20N6O2/c1-10-16-14(23-19-10)11-6-8-20(9-11)15(22)13-18-17-12-5-3-2-4-7-21(12)13/h11H,2-9H2,1H3/t11-/m1/s1. The van der Waals surface area contributed by atoms with Gasteiger partial charge in [-0.1, -0.05) is 11.6 Å². The Morgan fingerprint density at radius 2 is 2.13 bits per heavy atom. The Labute approximate surface area is 133 Å². The summed E-state index contributed by atoms with van der Waals surface area (Å²) in [5.41, 5.74) is 0. The van der Waals surface area contributed by atoms with Crippen LogP contribution in [-0.4, -0.2) is 48.8 Å². The lowest BCUT2D eigenvalue weighted by atomic mass is 10.1. The second kappa shape index (κ2) is 5.75. The summed E-state index contributed by atoms with van der Waals surface area (Å²) in [4.78, 5) is 18.9. The lowest BCUT2D eigenvalue weighted by molar-refractivity contribution is 0.0771. The van der Waals surface area contributed by atoms with Crippen molar-refractivity contribution in [2.24, 2.45) is 0 Å². The number of hydrogen-bond acceptors (Lipinski definition) is 6. The summed E-state index contributed by atoms with van der Waals surface area (Å²) in [6.45, 7) is 3.93. The van der Waals surface area contributed by atoms with Crippen LogP contribution in [0.3, 0.4) is 0 Å². The van der Waals surface area contributed by atoms with Gasteiger partial charge >= 0.3 is 0 Å². The molecule has 1 saturated heterocycles. The molecule has 2 aliphatic heterocycles. The van der Waals surface area contributed by atoms with Crippen LogP contribution in [0.4, 0.5) is 0 Å². The molecule has 1 amide bonds.